The number of hydrogen-bond donors (Lipinski definition) is 2. The molecule has 0 radical (unpaired) electrons. The summed E-state index contributed by atoms with van der Waals surface area (Å²) in [7, 11) is 1.60. The normalized spacial score (nSPS) is 17.5. The average Bonchev–Trinajstić information content (AvgIpc) is 2.42. The number of rotatable bonds is 3. The number of nitrogen functional groups attached to an aromatic ring is 1. The molecule has 116 valence electrons. The highest BCUT2D eigenvalue weighted by molar-refractivity contribution is 9.10. The van der Waals surface area contributed by atoms with Crippen LogP contribution in [-0.2, 0) is 4.74 Å². The summed E-state index contributed by atoms with van der Waals surface area (Å²) in [6, 6.07) is 2.46. The molecule has 7 heteroatoms. The summed E-state index contributed by atoms with van der Waals surface area (Å²) in [5.74, 6) is -0.905. The number of nitrogens with zero attached hydrogens (tertiary/aromatic N) is 1. The van der Waals surface area contributed by atoms with Crippen molar-refractivity contribution in [2.24, 2.45) is 0 Å². The van der Waals surface area contributed by atoms with Crippen LogP contribution in [0.5, 0.6) is 0 Å². The molecule has 0 unspecified atom stereocenters. The van der Waals surface area contributed by atoms with Gasteiger partial charge in [0.25, 0.3) is 5.91 Å². The van der Waals surface area contributed by atoms with Gasteiger partial charge in [-0.25, -0.2) is 4.39 Å². The van der Waals surface area contributed by atoms with Crippen molar-refractivity contribution in [3.05, 3.63) is 28.0 Å². The van der Waals surface area contributed by atoms with Crippen molar-refractivity contribution in [2.45, 2.75) is 18.4 Å². The summed E-state index contributed by atoms with van der Waals surface area (Å²) >= 11 is 3.16. The third kappa shape index (κ3) is 3.72. The highest BCUT2D eigenvalue weighted by Gasteiger charge is 2.33. The van der Waals surface area contributed by atoms with E-state index in [1.54, 1.807) is 7.05 Å². The van der Waals surface area contributed by atoms with Gasteiger partial charge in [0.1, 0.15) is 5.82 Å². The van der Waals surface area contributed by atoms with E-state index >= 15 is 0 Å². The van der Waals surface area contributed by atoms with Crippen molar-refractivity contribution in [1.82, 2.24) is 4.90 Å². The maximum atomic E-state index is 13.3. The second-order valence-electron chi connectivity index (χ2n) is 5.35. The molecule has 1 amide bonds. The molecule has 0 spiro atoms. The van der Waals surface area contributed by atoms with Gasteiger partial charge in [0, 0.05) is 44.1 Å². The number of carbonyl (C=O) groups is 1. The molecule has 1 saturated heterocycles. The SMILES string of the molecule is CN(CC1(O)CCOCC1)C(=O)c1cc(N)c(F)cc1Br. The third-order valence-corrected chi connectivity index (χ3v) is 4.27. The minimum atomic E-state index is -0.944. The van der Waals surface area contributed by atoms with Crippen molar-refractivity contribution in [1.29, 1.82) is 0 Å². The molecule has 0 aromatic heterocycles. The Morgan fingerprint density at radius 2 is 2.14 bits per heavy atom. The Labute approximate surface area is 131 Å². The van der Waals surface area contributed by atoms with Crippen LogP contribution in [0.25, 0.3) is 0 Å². The predicted octanol–water partition coefficient (Wildman–Crippen LogP) is 1.78. The number of aliphatic hydroxyl groups is 1. The molecular weight excluding hydrogens is 343 g/mol. The van der Waals surface area contributed by atoms with Crippen LogP contribution >= 0.6 is 15.9 Å². The molecule has 1 aliphatic rings. The van der Waals surface area contributed by atoms with Gasteiger partial charge in [-0.3, -0.25) is 4.79 Å². The van der Waals surface area contributed by atoms with E-state index in [2.05, 4.69) is 15.9 Å². The molecule has 21 heavy (non-hydrogen) atoms. The summed E-state index contributed by atoms with van der Waals surface area (Å²) in [5.41, 5.74) is 4.75. The molecular formula is C14H18BrFN2O3. The van der Waals surface area contributed by atoms with Crippen molar-refractivity contribution >= 4 is 27.5 Å². The summed E-state index contributed by atoms with van der Waals surface area (Å²) in [6.07, 6.45) is 0.967. The summed E-state index contributed by atoms with van der Waals surface area (Å²) < 4.78 is 18.9. The molecule has 0 saturated carbocycles. The van der Waals surface area contributed by atoms with Gasteiger partial charge in [-0.2, -0.15) is 0 Å². The minimum Gasteiger partial charge on any atom is -0.396 e. The van der Waals surface area contributed by atoms with E-state index in [1.807, 2.05) is 0 Å². The molecule has 0 atom stereocenters. The number of nitrogens with two attached hydrogens (primary N) is 1. The van der Waals surface area contributed by atoms with Gasteiger partial charge < -0.3 is 20.5 Å². The highest BCUT2D eigenvalue weighted by atomic mass is 79.9. The molecule has 3 N–H and O–H groups in total. The van der Waals surface area contributed by atoms with Crippen LogP contribution in [0, 0.1) is 5.82 Å². The predicted molar refractivity (Wildman–Crippen MR) is 80.5 cm³/mol. The first-order valence-electron chi connectivity index (χ1n) is 6.62. The van der Waals surface area contributed by atoms with Gasteiger partial charge in [0.05, 0.1) is 16.9 Å². The standard InChI is InChI=1S/C14H18BrFN2O3/c1-18(8-14(20)2-4-21-5-3-14)13(19)9-6-12(17)11(16)7-10(9)15/h6-7,20H,2-5,8,17H2,1H3. The number of carbonyl (C=O) groups excluding carboxylic acids is 1. The zero-order valence-corrected chi connectivity index (χ0v) is 13.3. The van der Waals surface area contributed by atoms with Crippen LogP contribution < -0.4 is 5.73 Å². The number of halogens is 2. The maximum absolute atomic E-state index is 13.3. The summed E-state index contributed by atoms with van der Waals surface area (Å²) in [5, 5.41) is 10.4. The largest absolute Gasteiger partial charge is 0.396 e. The molecule has 1 aromatic carbocycles. The molecule has 1 fully saturated rings. The molecule has 0 bridgehead atoms. The lowest BCUT2D eigenvalue weighted by Crippen LogP contribution is -2.47. The van der Waals surface area contributed by atoms with Gasteiger partial charge in [-0.05, 0) is 28.1 Å². The molecule has 2 rings (SSSR count). The first-order valence-corrected chi connectivity index (χ1v) is 7.42. The second kappa shape index (κ2) is 6.29. The van der Waals surface area contributed by atoms with Crippen LogP contribution in [-0.4, -0.2) is 48.3 Å². The Morgan fingerprint density at radius 3 is 2.76 bits per heavy atom. The monoisotopic (exact) mass is 360 g/mol. The van der Waals surface area contributed by atoms with Crippen LogP contribution in [0.15, 0.2) is 16.6 Å². The van der Waals surface area contributed by atoms with Gasteiger partial charge in [0.2, 0.25) is 0 Å². The van der Waals surface area contributed by atoms with E-state index in [0.29, 0.717) is 30.5 Å². The van der Waals surface area contributed by atoms with Crippen LogP contribution in [0.3, 0.4) is 0 Å². The summed E-state index contributed by atoms with van der Waals surface area (Å²) in [6.45, 7) is 1.15. The van der Waals surface area contributed by atoms with Gasteiger partial charge in [-0.1, -0.05) is 0 Å². The van der Waals surface area contributed by atoms with E-state index in [9.17, 15) is 14.3 Å². The zero-order valence-electron chi connectivity index (χ0n) is 11.7. The highest BCUT2D eigenvalue weighted by Crippen LogP contribution is 2.26. The Kier molecular flexibility index (Phi) is 4.85. The smallest absolute Gasteiger partial charge is 0.254 e. The third-order valence-electron chi connectivity index (χ3n) is 3.62. The lowest BCUT2D eigenvalue weighted by atomic mass is 9.93. The Bertz CT molecular complexity index is 547. The minimum absolute atomic E-state index is 0.0836. The number of ether oxygens (including phenoxy) is 1. The number of anilines is 1. The van der Waals surface area contributed by atoms with Gasteiger partial charge in [0.15, 0.2) is 0 Å². The molecule has 1 aromatic rings. The Hall–Kier alpha value is -1.18. The lowest BCUT2D eigenvalue weighted by molar-refractivity contribution is -0.0734. The van der Waals surface area contributed by atoms with E-state index in [-0.39, 0.29) is 23.7 Å². The molecule has 1 heterocycles. The quantitative estimate of drug-likeness (QED) is 0.805. The number of benzene rings is 1. The average molecular weight is 361 g/mol. The van der Waals surface area contributed by atoms with E-state index in [4.69, 9.17) is 10.5 Å². The van der Waals surface area contributed by atoms with Crippen LogP contribution in [0.2, 0.25) is 0 Å². The lowest BCUT2D eigenvalue weighted by Gasteiger charge is -2.35. The van der Waals surface area contributed by atoms with E-state index in [1.165, 1.54) is 17.0 Å². The number of hydrogen-bond acceptors (Lipinski definition) is 4. The Balaban J connectivity index is 2.14. The maximum Gasteiger partial charge on any atom is 0.254 e. The summed E-state index contributed by atoms with van der Waals surface area (Å²) in [4.78, 5) is 13.8. The van der Waals surface area contributed by atoms with Crippen molar-refractivity contribution in [3.8, 4) is 0 Å². The topological polar surface area (TPSA) is 75.8 Å². The first-order chi connectivity index (χ1) is 9.82. The van der Waals surface area contributed by atoms with Gasteiger partial charge >= 0.3 is 0 Å². The second-order valence-corrected chi connectivity index (χ2v) is 6.21. The first kappa shape index (κ1) is 16.2. The van der Waals surface area contributed by atoms with Crippen molar-refractivity contribution < 1.29 is 19.0 Å². The van der Waals surface area contributed by atoms with Crippen molar-refractivity contribution in [2.75, 3.05) is 32.5 Å². The van der Waals surface area contributed by atoms with Crippen molar-refractivity contribution in [3.63, 3.8) is 0 Å². The van der Waals surface area contributed by atoms with Crippen LogP contribution in [0.1, 0.15) is 23.2 Å². The van der Waals surface area contributed by atoms with Gasteiger partial charge in [-0.15, -0.1) is 0 Å². The number of amides is 1. The fourth-order valence-electron chi connectivity index (χ4n) is 2.36. The molecule has 1 aliphatic heterocycles. The fourth-order valence-corrected chi connectivity index (χ4v) is 2.84. The fraction of sp³-hybridized carbons (Fsp3) is 0.500. The van der Waals surface area contributed by atoms with E-state index in [0.717, 1.165) is 0 Å². The molecule has 0 aliphatic carbocycles. The van der Waals surface area contributed by atoms with E-state index < -0.39 is 11.4 Å². The molecule has 5 nitrogen and oxygen atoms in total. The zero-order chi connectivity index (χ0) is 15.6. The number of likely N-dealkylation sites (N-methyl/N-ethyl adjacent to an activating group) is 1. The Morgan fingerprint density at radius 1 is 1.52 bits per heavy atom. The van der Waals surface area contributed by atoms with Crippen LogP contribution in [0.4, 0.5) is 10.1 Å².